The summed E-state index contributed by atoms with van der Waals surface area (Å²) in [7, 11) is 1.64. The zero-order valence-corrected chi connectivity index (χ0v) is 14.3. The minimum Gasteiger partial charge on any atom is -0.497 e. The van der Waals surface area contributed by atoms with Crippen molar-refractivity contribution in [1.29, 1.82) is 0 Å². The highest BCUT2D eigenvalue weighted by Gasteiger charge is 2.36. The van der Waals surface area contributed by atoms with Crippen molar-refractivity contribution in [1.82, 2.24) is 9.30 Å². The molecule has 1 unspecified atom stereocenters. The zero-order valence-electron chi connectivity index (χ0n) is 14.3. The summed E-state index contributed by atoms with van der Waals surface area (Å²) in [5.74, 6) is 0.716. The smallest absolute Gasteiger partial charge is 0.271 e. The Morgan fingerprint density at radius 3 is 2.68 bits per heavy atom. The number of carbonyl (C=O) groups excluding carboxylic acids is 1. The lowest BCUT2D eigenvalue weighted by Crippen LogP contribution is -2.36. The summed E-state index contributed by atoms with van der Waals surface area (Å²) in [4.78, 5) is 14.7. The van der Waals surface area contributed by atoms with Crippen LogP contribution in [0.2, 0.25) is 0 Å². The number of fused-ring (bicyclic) bond motifs is 3. The van der Waals surface area contributed by atoms with E-state index in [0.29, 0.717) is 12.2 Å². The molecule has 3 heterocycles. The Labute approximate surface area is 146 Å². The fourth-order valence-corrected chi connectivity index (χ4v) is 3.56. The molecule has 1 aromatic carbocycles. The number of nitrogens with zero attached hydrogens (tertiary/aromatic N) is 2. The van der Waals surface area contributed by atoms with Crippen LogP contribution in [-0.4, -0.2) is 40.1 Å². The maximum absolute atomic E-state index is 13.0. The van der Waals surface area contributed by atoms with Crippen LogP contribution in [0.1, 0.15) is 23.0 Å². The Hall–Kier alpha value is -2.79. The van der Waals surface area contributed by atoms with E-state index in [1.807, 2.05) is 47.9 Å². The van der Waals surface area contributed by atoms with Crippen molar-refractivity contribution < 1.29 is 14.6 Å². The van der Waals surface area contributed by atoms with E-state index >= 15 is 0 Å². The fourth-order valence-electron chi connectivity index (χ4n) is 3.56. The van der Waals surface area contributed by atoms with Crippen LogP contribution in [0.5, 0.6) is 5.75 Å². The number of aliphatic hydroxyl groups is 1. The van der Waals surface area contributed by atoms with Gasteiger partial charge in [-0.05, 0) is 18.6 Å². The number of hydrogen-bond acceptors (Lipinski definition) is 3. The highest BCUT2D eigenvalue weighted by molar-refractivity contribution is 6.04. The molecule has 1 N–H and O–H groups in total. The SMILES string of the molecule is COc1ccn2c3c(c(-c4ccccc4)c2c1)CN(C(C)CO)C3=O. The number of hydrogen-bond donors (Lipinski definition) is 1. The highest BCUT2D eigenvalue weighted by Crippen LogP contribution is 2.39. The first-order valence-corrected chi connectivity index (χ1v) is 8.34. The summed E-state index contributed by atoms with van der Waals surface area (Å²) >= 11 is 0. The second-order valence-corrected chi connectivity index (χ2v) is 6.35. The topological polar surface area (TPSA) is 54.2 Å². The van der Waals surface area contributed by atoms with E-state index in [1.165, 1.54) is 0 Å². The van der Waals surface area contributed by atoms with Gasteiger partial charge in [0.05, 0.1) is 25.3 Å². The molecular formula is C20H20N2O3. The van der Waals surface area contributed by atoms with E-state index in [-0.39, 0.29) is 18.6 Å². The third-order valence-corrected chi connectivity index (χ3v) is 4.90. The molecule has 1 aliphatic heterocycles. The number of methoxy groups -OCH3 is 1. The minimum absolute atomic E-state index is 0.0427. The molecule has 128 valence electrons. The van der Waals surface area contributed by atoms with Crippen molar-refractivity contribution in [2.45, 2.75) is 19.5 Å². The summed E-state index contributed by atoms with van der Waals surface area (Å²) in [6.07, 6.45) is 1.88. The van der Waals surface area contributed by atoms with Gasteiger partial charge in [0, 0.05) is 29.9 Å². The predicted octanol–water partition coefficient (Wildman–Crippen LogP) is 2.95. The molecule has 0 spiro atoms. The molecule has 3 aromatic rings. The lowest BCUT2D eigenvalue weighted by atomic mass is 10.0. The lowest BCUT2D eigenvalue weighted by molar-refractivity contribution is 0.0638. The minimum atomic E-state index is -0.211. The number of aromatic nitrogens is 1. The van der Waals surface area contributed by atoms with E-state index in [9.17, 15) is 9.90 Å². The van der Waals surface area contributed by atoms with E-state index in [0.717, 1.165) is 28.0 Å². The molecule has 1 amide bonds. The maximum atomic E-state index is 13.0. The summed E-state index contributed by atoms with van der Waals surface area (Å²) in [5.41, 5.74) is 4.76. The Kier molecular flexibility index (Phi) is 3.73. The van der Waals surface area contributed by atoms with E-state index < -0.39 is 0 Å². The molecule has 0 fully saturated rings. The predicted molar refractivity (Wildman–Crippen MR) is 95.8 cm³/mol. The molecule has 25 heavy (non-hydrogen) atoms. The zero-order chi connectivity index (χ0) is 17.6. The molecule has 2 aromatic heterocycles. The molecule has 0 bridgehead atoms. The molecule has 0 saturated carbocycles. The first-order chi connectivity index (χ1) is 12.2. The largest absolute Gasteiger partial charge is 0.497 e. The first-order valence-electron chi connectivity index (χ1n) is 8.34. The van der Waals surface area contributed by atoms with Gasteiger partial charge in [0.2, 0.25) is 0 Å². The Morgan fingerprint density at radius 1 is 1.24 bits per heavy atom. The summed E-state index contributed by atoms with van der Waals surface area (Å²) in [5, 5.41) is 9.48. The number of pyridine rings is 1. The van der Waals surface area contributed by atoms with Crippen molar-refractivity contribution in [3.63, 3.8) is 0 Å². The van der Waals surface area contributed by atoms with Crippen LogP contribution < -0.4 is 4.74 Å². The Bertz CT molecular complexity index is 946. The molecular weight excluding hydrogens is 316 g/mol. The number of amides is 1. The Morgan fingerprint density at radius 2 is 2.00 bits per heavy atom. The van der Waals surface area contributed by atoms with Crippen LogP contribution in [0.25, 0.3) is 16.6 Å². The molecule has 0 radical (unpaired) electrons. The van der Waals surface area contributed by atoms with Gasteiger partial charge in [-0.25, -0.2) is 0 Å². The quantitative estimate of drug-likeness (QED) is 0.797. The van der Waals surface area contributed by atoms with Gasteiger partial charge in [-0.15, -0.1) is 0 Å². The molecule has 1 atom stereocenters. The standard InChI is InChI=1S/C20H20N2O3/c1-13(12-23)22-11-16-18(14-6-4-3-5-7-14)17-10-15(25-2)8-9-21(17)19(16)20(22)24/h3-10,13,23H,11-12H2,1-2H3. The summed E-state index contributed by atoms with van der Waals surface area (Å²) in [6, 6.07) is 13.7. The van der Waals surface area contributed by atoms with Gasteiger partial charge in [-0.3, -0.25) is 4.79 Å². The van der Waals surface area contributed by atoms with Crippen molar-refractivity contribution in [2.24, 2.45) is 0 Å². The van der Waals surface area contributed by atoms with Gasteiger partial charge in [0.25, 0.3) is 5.91 Å². The number of rotatable bonds is 4. The van der Waals surface area contributed by atoms with E-state index in [1.54, 1.807) is 12.0 Å². The van der Waals surface area contributed by atoms with Crippen LogP contribution in [-0.2, 0) is 6.54 Å². The average molecular weight is 336 g/mol. The molecule has 5 nitrogen and oxygen atoms in total. The van der Waals surface area contributed by atoms with Gasteiger partial charge >= 0.3 is 0 Å². The molecule has 1 aliphatic rings. The fraction of sp³-hybridized carbons (Fsp3) is 0.250. The Balaban J connectivity index is 1.99. The number of carbonyl (C=O) groups is 1. The van der Waals surface area contributed by atoms with Crippen LogP contribution in [0, 0.1) is 0 Å². The number of ether oxygens (including phenoxy) is 1. The lowest BCUT2D eigenvalue weighted by Gasteiger charge is -2.23. The van der Waals surface area contributed by atoms with Crippen LogP contribution in [0.15, 0.2) is 48.7 Å². The van der Waals surface area contributed by atoms with Crippen molar-refractivity contribution in [3.05, 3.63) is 59.9 Å². The molecule has 0 aliphatic carbocycles. The second kappa shape index (κ2) is 5.93. The van der Waals surface area contributed by atoms with Gasteiger partial charge in [0.1, 0.15) is 11.4 Å². The summed E-state index contributed by atoms with van der Waals surface area (Å²) in [6.45, 7) is 2.32. The normalized spacial score (nSPS) is 14.8. The monoisotopic (exact) mass is 336 g/mol. The molecule has 4 rings (SSSR count). The molecule has 5 heteroatoms. The summed E-state index contributed by atoms with van der Waals surface area (Å²) < 4.78 is 7.31. The maximum Gasteiger partial charge on any atom is 0.271 e. The van der Waals surface area contributed by atoms with E-state index in [2.05, 4.69) is 12.1 Å². The van der Waals surface area contributed by atoms with Crippen LogP contribution in [0.4, 0.5) is 0 Å². The van der Waals surface area contributed by atoms with E-state index in [4.69, 9.17) is 4.74 Å². The third-order valence-electron chi connectivity index (χ3n) is 4.90. The van der Waals surface area contributed by atoms with Gasteiger partial charge < -0.3 is 19.1 Å². The van der Waals surface area contributed by atoms with Crippen molar-refractivity contribution in [3.8, 4) is 16.9 Å². The van der Waals surface area contributed by atoms with Gasteiger partial charge in [0.15, 0.2) is 0 Å². The van der Waals surface area contributed by atoms with Crippen molar-refractivity contribution in [2.75, 3.05) is 13.7 Å². The van der Waals surface area contributed by atoms with Crippen molar-refractivity contribution >= 4 is 11.4 Å². The molecule has 0 saturated heterocycles. The highest BCUT2D eigenvalue weighted by atomic mass is 16.5. The van der Waals surface area contributed by atoms with Crippen LogP contribution in [0.3, 0.4) is 0 Å². The van der Waals surface area contributed by atoms with Gasteiger partial charge in [-0.2, -0.15) is 0 Å². The van der Waals surface area contributed by atoms with Gasteiger partial charge in [-0.1, -0.05) is 30.3 Å². The number of aliphatic hydroxyl groups excluding tert-OH is 1. The third kappa shape index (κ3) is 2.31. The van der Waals surface area contributed by atoms with Crippen LogP contribution >= 0.6 is 0 Å². The number of benzene rings is 1. The second-order valence-electron chi connectivity index (χ2n) is 6.35. The first kappa shape index (κ1) is 15.7. The average Bonchev–Trinajstić information content (AvgIpc) is 3.15.